The largest absolute Gasteiger partial charge is 0.324 e. The number of carbonyl (C=O) groups is 1. The van der Waals surface area contributed by atoms with Crippen LogP contribution in [0.4, 0.5) is 11.4 Å². The number of hydrogen-bond donors (Lipinski definition) is 1. The second kappa shape index (κ2) is 7.70. The van der Waals surface area contributed by atoms with Crippen LogP contribution in [0.25, 0.3) is 0 Å². The van der Waals surface area contributed by atoms with E-state index in [0.29, 0.717) is 12.1 Å². The van der Waals surface area contributed by atoms with Gasteiger partial charge in [0.15, 0.2) is 0 Å². The minimum Gasteiger partial charge on any atom is -0.324 e. The van der Waals surface area contributed by atoms with E-state index in [0.717, 1.165) is 23.1 Å². The average Bonchev–Trinajstić information content (AvgIpc) is 2.55. The minimum absolute atomic E-state index is 0.339. The number of nitrogens with one attached hydrogen (secondary N) is 1. The van der Waals surface area contributed by atoms with Gasteiger partial charge in [-0.25, -0.2) is 8.42 Å². The summed E-state index contributed by atoms with van der Waals surface area (Å²) in [4.78, 5) is 12.9. The third kappa shape index (κ3) is 4.39. The van der Waals surface area contributed by atoms with E-state index < -0.39 is 16.1 Å². The lowest BCUT2D eigenvalue weighted by molar-refractivity contribution is -0.117. The lowest BCUT2D eigenvalue weighted by Gasteiger charge is -2.30. The summed E-state index contributed by atoms with van der Waals surface area (Å²) in [6.45, 7) is 5.63. The zero-order chi connectivity index (χ0) is 18.6. The van der Waals surface area contributed by atoms with Gasteiger partial charge in [0.1, 0.15) is 6.04 Å². The van der Waals surface area contributed by atoms with E-state index in [-0.39, 0.29) is 5.91 Å². The maximum atomic E-state index is 12.9. The van der Waals surface area contributed by atoms with Crippen molar-refractivity contribution in [3.8, 4) is 0 Å². The van der Waals surface area contributed by atoms with Crippen molar-refractivity contribution in [2.24, 2.45) is 0 Å². The molecule has 0 fully saturated rings. The SMILES string of the molecule is CC[C@H](C(=O)Nc1c(C)cccc1C)N(c1ccccc1)S(C)(=O)=O. The number of aryl methyl sites for hydroxylation is 2. The Bertz CT molecular complexity index is 828. The normalized spacial score (nSPS) is 12.5. The van der Waals surface area contributed by atoms with Crippen molar-refractivity contribution in [1.29, 1.82) is 0 Å². The van der Waals surface area contributed by atoms with Crippen LogP contribution in [-0.2, 0) is 14.8 Å². The van der Waals surface area contributed by atoms with Crippen molar-refractivity contribution in [1.82, 2.24) is 0 Å². The van der Waals surface area contributed by atoms with E-state index in [1.807, 2.05) is 38.1 Å². The smallest absolute Gasteiger partial charge is 0.248 e. The van der Waals surface area contributed by atoms with Gasteiger partial charge in [-0.05, 0) is 43.5 Å². The predicted octanol–water partition coefficient (Wildman–Crippen LogP) is 3.49. The standard InChI is InChI=1S/C19H24N2O3S/c1-5-17(19(22)20-18-14(2)10-9-11-15(18)3)21(25(4,23)24)16-12-7-6-8-13-16/h6-13,17H,5H2,1-4H3,(H,20,22)/t17-/m1/s1. The summed E-state index contributed by atoms with van der Waals surface area (Å²) in [5.74, 6) is -0.339. The Morgan fingerprint density at radius 1 is 1.04 bits per heavy atom. The van der Waals surface area contributed by atoms with Gasteiger partial charge >= 0.3 is 0 Å². The van der Waals surface area contributed by atoms with Gasteiger partial charge in [0.25, 0.3) is 0 Å². The Morgan fingerprint density at radius 2 is 1.60 bits per heavy atom. The predicted molar refractivity (Wildman–Crippen MR) is 102 cm³/mol. The van der Waals surface area contributed by atoms with Crippen LogP contribution in [0.2, 0.25) is 0 Å². The summed E-state index contributed by atoms with van der Waals surface area (Å²) in [6.07, 6.45) is 1.48. The topological polar surface area (TPSA) is 66.5 Å². The van der Waals surface area contributed by atoms with Crippen LogP contribution < -0.4 is 9.62 Å². The number of para-hydroxylation sites is 2. The highest BCUT2D eigenvalue weighted by molar-refractivity contribution is 7.92. The third-order valence-electron chi connectivity index (χ3n) is 4.07. The molecular formula is C19H24N2O3S. The van der Waals surface area contributed by atoms with E-state index in [9.17, 15) is 13.2 Å². The number of amides is 1. The molecule has 134 valence electrons. The van der Waals surface area contributed by atoms with Crippen molar-refractivity contribution in [3.05, 3.63) is 59.7 Å². The Balaban J connectivity index is 2.40. The van der Waals surface area contributed by atoms with Gasteiger partial charge in [-0.15, -0.1) is 0 Å². The van der Waals surface area contributed by atoms with Crippen LogP contribution in [0.15, 0.2) is 48.5 Å². The first-order chi connectivity index (χ1) is 11.8. The molecule has 2 aromatic rings. The first-order valence-electron chi connectivity index (χ1n) is 8.17. The lowest BCUT2D eigenvalue weighted by atomic mass is 10.1. The number of hydrogen-bond acceptors (Lipinski definition) is 3. The van der Waals surface area contributed by atoms with Crippen molar-refractivity contribution in [2.45, 2.75) is 33.2 Å². The van der Waals surface area contributed by atoms with Gasteiger partial charge in [-0.3, -0.25) is 9.10 Å². The number of nitrogens with zero attached hydrogens (tertiary/aromatic N) is 1. The van der Waals surface area contributed by atoms with Gasteiger partial charge in [-0.2, -0.15) is 0 Å². The number of benzene rings is 2. The van der Waals surface area contributed by atoms with Crippen LogP contribution in [0.3, 0.4) is 0 Å². The van der Waals surface area contributed by atoms with Crippen molar-refractivity contribution in [3.63, 3.8) is 0 Å². The number of rotatable bonds is 6. The first-order valence-corrected chi connectivity index (χ1v) is 10.0. The van der Waals surface area contributed by atoms with Crippen LogP contribution in [0.1, 0.15) is 24.5 Å². The highest BCUT2D eigenvalue weighted by Crippen LogP contribution is 2.25. The van der Waals surface area contributed by atoms with Crippen molar-refractivity contribution >= 4 is 27.3 Å². The molecule has 0 saturated heterocycles. The van der Waals surface area contributed by atoms with Crippen LogP contribution in [-0.4, -0.2) is 26.6 Å². The molecule has 1 atom stereocenters. The molecule has 2 aromatic carbocycles. The first kappa shape index (κ1) is 19.0. The van der Waals surface area contributed by atoms with Gasteiger partial charge in [0, 0.05) is 5.69 Å². The molecule has 1 amide bonds. The molecule has 0 saturated carbocycles. The molecule has 6 heteroatoms. The monoisotopic (exact) mass is 360 g/mol. The lowest BCUT2D eigenvalue weighted by Crippen LogP contribution is -2.47. The van der Waals surface area contributed by atoms with Gasteiger partial charge in [0.05, 0.1) is 11.9 Å². The highest BCUT2D eigenvalue weighted by atomic mass is 32.2. The molecular weight excluding hydrogens is 336 g/mol. The quantitative estimate of drug-likeness (QED) is 0.857. The Kier molecular flexibility index (Phi) is 5.85. The third-order valence-corrected chi connectivity index (χ3v) is 5.25. The molecule has 0 bridgehead atoms. The maximum absolute atomic E-state index is 12.9. The van der Waals surface area contributed by atoms with E-state index in [1.165, 1.54) is 4.31 Å². The van der Waals surface area contributed by atoms with E-state index in [2.05, 4.69) is 5.32 Å². The molecule has 25 heavy (non-hydrogen) atoms. The molecule has 0 unspecified atom stereocenters. The molecule has 0 aliphatic carbocycles. The highest BCUT2D eigenvalue weighted by Gasteiger charge is 2.31. The van der Waals surface area contributed by atoms with E-state index in [4.69, 9.17) is 0 Å². The summed E-state index contributed by atoms with van der Waals surface area (Å²) in [5.41, 5.74) is 3.09. The summed E-state index contributed by atoms with van der Waals surface area (Å²) >= 11 is 0. The molecule has 0 aliphatic heterocycles. The number of sulfonamides is 1. The molecule has 0 aliphatic rings. The summed E-state index contributed by atoms with van der Waals surface area (Å²) in [5, 5.41) is 2.91. The van der Waals surface area contributed by atoms with Gasteiger partial charge in [-0.1, -0.05) is 43.3 Å². The summed E-state index contributed by atoms with van der Waals surface area (Å²) in [7, 11) is -3.61. The molecule has 5 nitrogen and oxygen atoms in total. The fraction of sp³-hybridized carbons (Fsp3) is 0.316. The summed E-state index contributed by atoms with van der Waals surface area (Å²) in [6, 6.07) is 13.6. The molecule has 2 rings (SSSR count). The Morgan fingerprint density at radius 3 is 2.08 bits per heavy atom. The Hall–Kier alpha value is -2.34. The van der Waals surface area contributed by atoms with Crippen LogP contribution >= 0.6 is 0 Å². The minimum atomic E-state index is -3.61. The molecule has 1 N–H and O–H groups in total. The fourth-order valence-electron chi connectivity index (χ4n) is 2.85. The van der Waals surface area contributed by atoms with Crippen molar-refractivity contribution < 1.29 is 13.2 Å². The molecule has 0 aromatic heterocycles. The number of carbonyl (C=O) groups excluding carboxylic acids is 1. The second-order valence-corrected chi connectivity index (χ2v) is 7.93. The van der Waals surface area contributed by atoms with Gasteiger partial charge < -0.3 is 5.32 Å². The summed E-state index contributed by atoms with van der Waals surface area (Å²) < 4.78 is 25.9. The van der Waals surface area contributed by atoms with E-state index >= 15 is 0 Å². The fourth-order valence-corrected chi connectivity index (χ4v) is 4.07. The average molecular weight is 360 g/mol. The number of anilines is 2. The molecule has 0 heterocycles. The van der Waals surface area contributed by atoms with E-state index in [1.54, 1.807) is 31.2 Å². The second-order valence-electron chi connectivity index (χ2n) is 6.07. The maximum Gasteiger partial charge on any atom is 0.248 e. The van der Waals surface area contributed by atoms with Crippen LogP contribution in [0.5, 0.6) is 0 Å². The zero-order valence-corrected chi connectivity index (χ0v) is 15.8. The molecule has 0 spiro atoms. The molecule has 0 radical (unpaired) electrons. The van der Waals surface area contributed by atoms with Gasteiger partial charge in [0.2, 0.25) is 15.9 Å². The Labute approximate surface area is 149 Å². The van der Waals surface area contributed by atoms with Crippen molar-refractivity contribution in [2.75, 3.05) is 15.9 Å². The zero-order valence-electron chi connectivity index (χ0n) is 15.0. The van der Waals surface area contributed by atoms with Crippen LogP contribution in [0, 0.1) is 13.8 Å².